The van der Waals surface area contributed by atoms with Crippen molar-refractivity contribution in [3.63, 3.8) is 0 Å². The number of hydrogen-bond acceptors (Lipinski definition) is 2. The molecule has 0 saturated heterocycles. The van der Waals surface area contributed by atoms with Crippen molar-refractivity contribution in [1.82, 2.24) is 0 Å². The largest absolute Gasteiger partial charge is 0.698 e. The predicted octanol–water partition coefficient (Wildman–Crippen LogP) is 13.9. The van der Waals surface area contributed by atoms with Gasteiger partial charge in [-0.2, -0.15) is 0 Å². The van der Waals surface area contributed by atoms with Crippen molar-refractivity contribution in [3.05, 3.63) is 157 Å². The first-order chi connectivity index (χ1) is 26.4. The molecular weight excluding hydrogens is 749 g/mol. The minimum Gasteiger partial charge on any atom is -0.698 e. The summed E-state index contributed by atoms with van der Waals surface area (Å²) in [6.45, 7) is 23.3. The Kier molecular flexibility index (Phi) is 16.4. The Morgan fingerprint density at radius 3 is 1.02 bits per heavy atom. The van der Waals surface area contributed by atoms with Gasteiger partial charge in [0.25, 0.3) is 0 Å². The van der Waals surface area contributed by atoms with Crippen LogP contribution >= 0.6 is 7.92 Å². The predicted molar refractivity (Wildman–Crippen MR) is 248 cm³/mol. The van der Waals surface area contributed by atoms with Crippen LogP contribution in [0.3, 0.4) is 0 Å². The van der Waals surface area contributed by atoms with Crippen LogP contribution in [0.2, 0.25) is 0 Å². The number of benzene rings is 6. The van der Waals surface area contributed by atoms with Gasteiger partial charge in [0.05, 0.1) is 25.0 Å². The molecule has 6 aromatic carbocycles. The van der Waals surface area contributed by atoms with Crippen LogP contribution in [0.4, 0.5) is 17.1 Å². The summed E-state index contributed by atoms with van der Waals surface area (Å²) < 4.78 is 0. The molecule has 0 aromatic heterocycles. The van der Waals surface area contributed by atoms with Crippen LogP contribution in [0.25, 0.3) is 39.1 Å². The first kappa shape index (κ1) is 44.4. The SMILES string of the molecule is CC(C)N(c1ccccc1[PH+](c1ccccc1N(C(C)C)C(C)C)C(C)C)C(C)C.[Cu].[NH-]c1c(-c2ccccc2)cc(-c2ccccc2)cc1-c1ccccc1. The van der Waals surface area contributed by atoms with Gasteiger partial charge in [-0.15, -0.1) is 5.69 Å². The molecule has 0 fully saturated rings. The van der Waals surface area contributed by atoms with Gasteiger partial charge in [-0.25, -0.2) is 0 Å². The first-order valence-corrected chi connectivity index (χ1v) is 21.7. The summed E-state index contributed by atoms with van der Waals surface area (Å²) in [5.74, 6) is 0. The molecule has 6 aromatic rings. The number of rotatable bonds is 12. The van der Waals surface area contributed by atoms with Crippen LogP contribution in [-0.2, 0) is 17.1 Å². The molecule has 0 aliphatic rings. The number of nitrogens with zero attached hydrogens (tertiary/aromatic N) is 2. The van der Waals surface area contributed by atoms with Crippen LogP contribution in [0.15, 0.2) is 152 Å². The molecule has 0 unspecified atom stereocenters. The van der Waals surface area contributed by atoms with Crippen molar-refractivity contribution in [1.29, 1.82) is 0 Å². The zero-order valence-corrected chi connectivity index (χ0v) is 37.0. The topological polar surface area (TPSA) is 30.3 Å². The van der Waals surface area contributed by atoms with E-state index in [4.69, 9.17) is 5.73 Å². The third-order valence-electron chi connectivity index (χ3n) is 10.2. The average molecular weight is 812 g/mol. The summed E-state index contributed by atoms with van der Waals surface area (Å²) in [4.78, 5) is 5.18. The molecule has 3 nitrogen and oxygen atoms in total. The third-order valence-corrected chi connectivity index (χ3v) is 13.3. The van der Waals surface area contributed by atoms with Crippen molar-refractivity contribution in [2.45, 2.75) is 99.1 Å². The van der Waals surface area contributed by atoms with E-state index in [1.807, 2.05) is 54.6 Å². The molecule has 56 heavy (non-hydrogen) atoms. The van der Waals surface area contributed by atoms with Crippen LogP contribution in [0.1, 0.15) is 69.2 Å². The molecule has 1 N–H and O–H groups in total. The van der Waals surface area contributed by atoms with Crippen LogP contribution in [-0.4, -0.2) is 29.8 Å². The van der Waals surface area contributed by atoms with Gasteiger partial charge < -0.3 is 15.5 Å². The van der Waals surface area contributed by atoms with Gasteiger partial charge in [-0.3, -0.25) is 0 Å². The zero-order valence-electron chi connectivity index (χ0n) is 35.0. The van der Waals surface area contributed by atoms with E-state index >= 15 is 0 Å². The van der Waals surface area contributed by atoms with Gasteiger partial charge in [-0.05, 0) is 139 Å². The molecule has 6 rings (SSSR count). The number of anilines is 2. The molecular formula is C51H62CuN3P. The molecule has 1 radical (unpaired) electrons. The van der Waals surface area contributed by atoms with E-state index in [0.717, 1.165) is 33.4 Å². The van der Waals surface area contributed by atoms with Gasteiger partial charge in [-0.1, -0.05) is 115 Å². The van der Waals surface area contributed by atoms with E-state index in [1.165, 1.54) is 11.4 Å². The Morgan fingerprint density at radius 2 is 0.696 bits per heavy atom. The fraction of sp³-hybridized carbons (Fsp3) is 0.294. The summed E-state index contributed by atoms with van der Waals surface area (Å²) in [7, 11) is -0.981. The molecule has 0 aliphatic heterocycles. The maximum Gasteiger partial charge on any atom is 0.120 e. The van der Waals surface area contributed by atoms with Crippen LogP contribution in [0, 0.1) is 0 Å². The quantitative estimate of drug-likeness (QED) is 0.0910. The second-order valence-electron chi connectivity index (χ2n) is 15.8. The van der Waals surface area contributed by atoms with Crippen molar-refractivity contribution in [2.75, 3.05) is 9.80 Å². The summed E-state index contributed by atoms with van der Waals surface area (Å²) in [6.07, 6.45) is 0. The van der Waals surface area contributed by atoms with Crippen molar-refractivity contribution >= 4 is 35.6 Å². The summed E-state index contributed by atoms with van der Waals surface area (Å²) in [5, 5.41) is 3.08. The number of hydrogen-bond donors (Lipinski definition) is 0. The molecule has 0 spiro atoms. The van der Waals surface area contributed by atoms with Gasteiger partial charge in [0.2, 0.25) is 0 Å². The molecule has 0 atom stereocenters. The van der Waals surface area contributed by atoms with E-state index in [0.29, 0.717) is 35.5 Å². The van der Waals surface area contributed by atoms with E-state index in [-0.39, 0.29) is 17.1 Å². The standard InChI is InChI=1S/C27H43N2P.C24H18N.Cu/c1-19(2)28(20(3)4)24-15-11-13-17-26(24)30(23(9)10)27-18-14-12-16-25(27)29(21(5)6)22(7)8;25-24-22(19-12-6-2-7-13-19)16-21(18-10-4-1-5-11-18)17-23(24)20-14-8-3-9-15-20;/h11-23H,1-10H3;1-17,25H;/q;-1;/p+1. The fourth-order valence-electron chi connectivity index (χ4n) is 8.06. The molecule has 0 aliphatic carbocycles. The average Bonchev–Trinajstić information content (AvgIpc) is 3.17. The molecule has 5 heteroatoms. The van der Waals surface area contributed by atoms with E-state index in [9.17, 15) is 0 Å². The fourth-order valence-corrected chi connectivity index (χ4v) is 11.1. The summed E-state index contributed by atoms with van der Waals surface area (Å²) in [6, 6.07) is 55.2. The minimum atomic E-state index is -0.981. The van der Waals surface area contributed by atoms with E-state index < -0.39 is 7.92 Å². The molecule has 0 saturated carbocycles. The van der Waals surface area contributed by atoms with Gasteiger partial charge in [0, 0.05) is 41.2 Å². The molecule has 0 heterocycles. The third kappa shape index (κ3) is 10.5. The molecule has 297 valence electrons. The smallest absolute Gasteiger partial charge is 0.120 e. The number of nitrogens with one attached hydrogen (secondary N) is 1. The van der Waals surface area contributed by atoms with Gasteiger partial charge in [0.1, 0.15) is 10.6 Å². The minimum absolute atomic E-state index is 0. The summed E-state index contributed by atoms with van der Waals surface area (Å²) in [5.41, 5.74) is 19.1. The Balaban J connectivity index is 0.000000247. The van der Waals surface area contributed by atoms with Crippen LogP contribution in [0.5, 0.6) is 0 Å². The van der Waals surface area contributed by atoms with Crippen molar-refractivity contribution < 1.29 is 17.1 Å². The van der Waals surface area contributed by atoms with Crippen molar-refractivity contribution in [2.24, 2.45) is 0 Å². The monoisotopic (exact) mass is 810 g/mol. The Hall–Kier alpha value is -4.33. The maximum absolute atomic E-state index is 8.78. The van der Waals surface area contributed by atoms with Crippen molar-refractivity contribution in [3.8, 4) is 33.4 Å². The molecule has 0 bridgehead atoms. The Labute approximate surface area is 350 Å². The van der Waals surface area contributed by atoms with Crippen LogP contribution < -0.4 is 20.4 Å². The van der Waals surface area contributed by atoms with Gasteiger partial charge in [0.15, 0.2) is 0 Å². The van der Waals surface area contributed by atoms with E-state index in [2.05, 4.69) is 176 Å². The Bertz CT molecular complexity index is 1940. The first-order valence-electron chi connectivity index (χ1n) is 20.1. The second kappa shape index (κ2) is 20.7. The summed E-state index contributed by atoms with van der Waals surface area (Å²) >= 11 is 0. The zero-order chi connectivity index (χ0) is 39.6. The normalized spacial score (nSPS) is 11.2. The Morgan fingerprint density at radius 1 is 0.393 bits per heavy atom. The molecule has 0 amide bonds. The van der Waals surface area contributed by atoms with Gasteiger partial charge >= 0.3 is 0 Å². The van der Waals surface area contributed by atoms with E-state index in [1.54, 1.807) is 10.6 Å². The number of para-hydroxylation sites is 2. The second-order valence-corrected chi connectivity index (χ2v) is 18.9. The maximum atomic E-state index is 8.78.